The molecule has 2 aromatic heterocycles. The number of anilines is 3. The van der Waals surface area contributed by atoms with Gasteiger partial charge in [-0.15, -0.1) is 0 Å². The summed E-state index contributed by atoms with van der Waals surface area (Å²) < 4.78 is 80.4. The van der Waals surface area contributed by atoms with Gasteiger partial charge in [-0.1, -0.05) is 17.1 Å². The molecule has 3 N–H and O–H groups in total. The quantitative estimate of drug-likeness (QED) is 0.176. The molecule has 0 saturated heterocycles. The van der Waals surface area contributed by atoms with Crippen LogP contribution in [0.2, 0.25) is 0 Å². The fourth-order valence-electron chi connectivity index (χ4n) is 5.69. The third-order valence-corrected chi connectivity index (χ3v) is 9.36. The number of aryl methyl sites for hydroxylation is 1. The molecule has 14 heteroatoms. The number of sulfonamides is 1. The zero-order valence-electron chi connectivity index (χ0n) is 26.0. The Morgan fingerprint density at radius 1 is 1.09 bits per heavy atom. The Labute approximate surface area is 266 Å². The van der Waals surface area contributed by atoms with Crippen LogP contribution in [0.15, 0.2) is 57.9 Å². The normalized spacial score (nSPS) is 17.0. The van der Waals surface area contributed by atoms with Crippen molar-refractivity contribution >= 4 is 38.1 Å². The van der Waals surface area contributed by atoms with Gasteiger partial charge in [0.1, 0.15) is 18.1 Å². The van der Waals surface area contributed by atoms with Gasteiger partial charge in [0.25, 0.3) is 10.0 Å². The molecule has 46 heavy (non-hydrogen) atoms. The number of alkyl halides is 3. The van der Waals surface area contributed by atoms with Crippen molar-refractivity contribution in [1.29, 1.82) is 0 Å². The van der Waals surface area contributed by atoms with Crippen molar-refractivity contribution in [2.45, 2.75) is 62.3 Å². The maximum Gasteiger partial charge on any atom is 0.406 e. The van der Waals surface area contributed by atoms with E-state index in [9.17, 15) is 21.6 Å². The summed E-state index contributed by atoms with van der Waals surface area (Å²) in [5.74, 6) is 6.54. The summed E-state index contributed by atoms with van der Waals surface area (Å²) in [7, 11) is 1.59. The standard InChI is InChI=1S/C32H37F3N6O4S/c1-21-17-31(38-45-21)39-46(42,43)25-14-15-28(30(19-25)44-4)36-16-6-7-24-18-26-27(37-22-10-12-23(13-11-22)40(2)3)8-5-9-29(26)41(24)20-32(33,34)35/h5,8-9,14-15,17-19,22-23,36-37H,10-13,16,20H2,1-4H3,(H,38,39). The maximum absolute atomic E-state index is 13.7. The number of methoxy groups -OCH3 is 1. The molecule has 1 fully saturated rings. The molecule has 0 aliphatic heterocycles. The molecule has 0 unspecified atom stereocenters. The zero-order chi connectivity index (χ0) is 33.1. The van der Waals surface area contributed by atoms with E-state index in [4.69, 9.17) is 9.26 Å². The summed E-state index contributed by atoms with van der Waals surface area (Å²) in [6.07, 6.45) is -0.361. The second-order valence-corrected chi connectivity index (χ2v) is 13.2. The van der Waals surface area contributed by atoms with Crippen LogP contribution in [0.25, 0.3) is 10.9 Å². The fourth-order valence-corrected chi connectivity index (χ4v) is 6.69. The zero-order valence-corrected chi connectivity index (χ0v) is 26.8. The minimum atomic E-state index is -4.44. The van der Waals surface area contributed by atoms with Gasteiger partial charge in [0.05, 0.1) is 35.4 Å². The predicted molar refractivity (Wildman–Crippen MR) is 172 cm³/mol. The van der Waals surface area contributed by atoms with Crippen molar-refractivity contribution in [3.05, 3.63) is 60.0 Å². The Morgan fingerprint density at radius 2 is 1.85 bits per heavy atom. The molecular formula is C32H37F3N6O4S. The van der Waals surface area contributed by atoms with E-state index >= 15 is 0 Å². The number of nitrogens with zero attached hydrogens (tertiary/aromatic N) is 3. The lowest BCUT2D eigenvalue weighted by Crippen LogP contribution is -2.36. The summed E-state index contributed by atoms with van der Waals surface area (Å²) in [5, 5.41) is 11.0. The van der Waals surface area contributed by atoms with E-state index in [2.05, 4.69) is 51.3 Å². The van der Waals surface area contributed by atoms with Gasteiger partial charge in [-0.2, -0.15) is 13.2 Å². The van der Waals surface area contributed by atoms with Crippen molar-refractivity contribution in [2.24, 2.45) is 0 Å². The molecule has 0 spiro atoms. The molecule has 2 aromatic carbocycles. The summed E-state index contributed by atoms with van der Waals surface area (Å²) in [6.45, 7) is 0.532. The smallest absolute Gasteiger partial charge is 0.406 e. The van der Waals surface area contributed by atoms with E-state index in [1.165, 1.54) is 35.9 Å². The Balaban J connectivity index is 1.33. The largest absolute Gasteiger partial charge is 0.495 e. The first-order chi connectivity index (χ1) is 21.8. The fraction of sp³-hybridized carbons (Fsp3) is 0.406. The molecule has 1 aliphatic carbocycles. The van der Waals surface area contributed by atoms with Crippen LogP contribution >= 0.6 is 0 Å². The van der Waals surface area contributed by atoms with E-state index in [-0.39, 0.29) is 34.7 Å². The van der Waals surface area contributed by atoms with Crippen LogP contribution in [-0.4, -0.2) is 69.1 Å². The summed E-state index contributed by atoms with van der Waals surface area (Å²) in [6, 6.07) is 13.5. The topological polar surface area (TPSA) is 114 Å². The Kier molecular flexibility index (Phi) is 9.74. The van der Waals surface area contributed by atoms with E-state index in [1.54, 1.807) is 25.1 Å². The van der Waals surface area contributed by atoms with Crippen LogP contribution in [0.3, 0.4) is 0 Å². The van der Waals surface area contributed by atoms with Gasteiger partial charge in [-0.3, -0.25) is 4.72 Å². The van der Waals surface area contributed by atoms with Gasteiger partial charge >= 0.3 is 6.18 Å². The monoisotopic (exact) mass is 658 g/mol. The Hall–Kier alpha value is -4.35. The second-order valence-electron chi connectivity index (χ2n) is 11.5. The van der Waals surface area contributed by atoms with E-state index in [1.807, 2.05) is 6.07 Å². The Morgan fingerprint density at radius 3 is 2.50 bits per heavy atom. The number of halogens is 3. The Bertz CT molecular complexity index is 1850. The number of benzene rings is 2. The minimum absolute atomic E-state index is 0.0481. The summed E-state index contributed by atoms with van der Waals surface area (Å²) in [4.78, 5) is 2.18. The van der Waals surface area contributed by atoms with Gasteiger partial charge in [0.2, 0.25) is 0 Å². The number of hydrogen-bond donors (Lipinski definition) is 3. The average Bonchev–Trinajstić information content (AvgIpc) is 3.57. The average molecular weight is 659 g/mol. The third-order valence-electron chi connectivity index (χ3n) is 8.00. The van der Waals surface area contributed by atoms with Crippen LogP contribution in [-0.2, 0) is 16.6 Å². The van der Waals surface area contributed by atoms with Gasteiger partial charge in [0, 0.05) is 35.3 Å². The van der Waals surface area contributed by atoms with Crippen molar-refractivity contribution < 1.29 is 30.8 Å². The molecule has 0 radical (unpaired) electrons. The van der Waals surface area contributed by atoms with Crippen molar-refractivity contribution in [2.75, 3.05) is 43.1 Å². The number of fused-ring (bicyclic) bond motifs is 1. The van der Waals surface area contributed by atoms with E-state index in [0.717, 1.165) is 31.4 Å². The SMILES string of the molecule is COc1cc(S(=O)(=O)Nc2cc(C)on2)ccc1NCC#Cc1cc2c(NC3CCC(N(C)C)CC3)cccc2n1CC(F)(F)F. The molecule has 4 aromatic rings. The van der Waals surface area contributed by atoms with Crippen molar-refractivity contribution in [1.82, 2.24) is 14.6 Å². The molecular weight excluding hydrogens is 621 g/mol. The highest BCUT2D eigenvalue weighted by molar-refractivity contribution is 7.92. The lowest BCUT2D eigenvalue weighted by molar-refractivity contribution is -0.140. The number of aromatic nitrogens is 2. The number of rotatable bonds is 10. The van der Waals surface area contributed by atoms with Crippen LogP contribution in [0.4, 0.5) is 30.4 Å². The number of hydrogen-bond acceptors (Lipinski definition) is 8. The highest BCUT2D eigenvalue weighted by atomic mass is 32.2. The first kappa shape index (κ1) is 33.0. The minimum Gasteiger partial charge on any atom is -0.495 e. The number of nitrogens with one attached hydrogen (secondary N) is 3. The van der Waals surface area contributed by atoms with Crippen molar-refractivity contribution in [3.8, 4) is 17.6 Å². The van der Waals surface area contributed by atoms with E-state index < -0.39 is 22.7 Å². The predicted octanol–water partition coefficient (Wildman–Crippen LogP) is 6.06. The molecule has 5 rings (SSSR count). The molecule has 0 bridgehead atoms. The third kappa shape index (κ3) is 7.89. The highest BCUT2D eigenvalue weighted by Crippen LogP contribution is 2.33. The van der Waals surface area contributed by atoms with Crippen LogP contribution < -0.4 is 20.1 Å². The lowest BCUT2D eigenvalue weighted by Gasteiger charge is -2.33. The highest BCUT2D eigenvalue weighted by Gasteiger charge is 2.30. The molecule has 1 aliphatic rings. The molecule has 0 atom stereocenters. The van der Waals surface area contributed by atoms with Crippen molar-refractivity contribution in [3.63, 3.8) is 0 Å². The van der Waals surface area contributed by atoms with Crippen LogP contribution in [0.5, 0.6) is 5.75 Å². The van der Waals surface area contributed by atoms with Crippen LogP contribution in [0, 0.1) is 18.8 Å². The lowest BCUT2D eigenvalue weighted by atomic mass is 9.90. The molecule has 2 heterocycles. The van der Waals surface area contributed by atoms with E-state index in [0.29, 0.717) is 28.4 Å². The summed E-state index contributed by atoms with van der Waals surface area (Å²) >= 11 is 0. The first-order valence-corrected chi connectivity index (χ1v) is 16.3. The summed E-state index contributed by atoms with van der Waals surface area (Å²) in [5.41, 5.74) is 1.94. The molecule has 1 saturated carbocycles. The van der Waals surface area contributed by atoms with Gasteiger partial charge in [-0.25, -0.2) is 8.42 Å². The van der Waals surface area contributed by atoms with Gasteiger partial charge < -0.3 is 29.4 Å². The van der Waals surface area contributed by atoms with Crippen LogP contribution in [0.1, 0.15) is 37.1 Å². The number of ether oxygens (including phenoxy) is 1. The first-order valence-electron chi connectivity index (χ1n) is 14.8. The molecule has 246 valence electrons. The van der Waals surface area contributed by atoms with Gasteiger partial charge in [-0.05, 0) is 83.0 Å². The molecule has 10 nitrogen and oxygen atoms in total. The second kappa shape index (κ2) is 13.6. The molecule has 0 amide bonds. The maximum atomic E-state index is 13.7. The van der Waals surface area contributed by atoms with Gasteiger partial charge in [0.15, 0.2) is 5.82 Å².